The quantitative estimate of drug-likeness (QED) is 0.858. The molecule has 24 heavy (non-hydrogen) atoms. The van der Waals surface area contributed by atoms with Crippen molar-refractivity contribution in [2.75, 3.05) is 31.5 Å². The molecule has 1 N–H and O–H groups in total. The number of rotatable bonds is 5. The third-order valence-electron chi connectivity index (χ3n) is 4.33. The molecule has 0 aromatic heterocycles. The maximum Gasteiger partial charge on any atom is 0.243 e. The van der Waals surface area contributed by atoms with Crippen LogP contribution >= 0.6 is 0 Å². The van der Waals surface area contributed by atoms with Crippen molar-refractivity contribution in [1.29, 1.82) is 0 Å². The number of nitrogens with zero attached hydrogens (tertiary/aromatic N) is 2. The molecule has 0 spiro atoms. The lowest BCUT2D eigenvalue weighted by atomic mass is 10.3. The van der Waals surface area contributed by atoms with Crippen molar-refractivity contribution in [2.24, 2.45) is 0 Å². The lowest BCUT2D eigenvalue weighted by Crippen LogP contribution is -2.34. The second kappa shape index (κ2) is 6.90. The van der Waals surface area contributed by atoms with Crippen LogP contribution in [0.15, 0.2) is 29.2 Å². The van der Waals surface area contributed by atoms with Crippen LogP contribution in [0.2, 0.25) is 0 Å². The van der Waals surface area contributed by atoms with Gasteiger partial charge in [0, 0.05) is 31.7 Å². The number of carbonyl (C=O) groups is 2. The first-order chi connectivity index (χ1) is 11.5. The van der Waals surface area contributed by atoms with Gasteiger partial charge in [0.15, 0.2) is 0 Å². The zero-order chi connectivity index (χ0) is 17.2. The zero-order valence-electron chi connectivity index (χ0n) is 13.4. The van der Waals surface area contributed by atoms with Crippen molar-refractivity contribution in [3.8, 4) is 0 Å². The van der Waals surface area contributed by atoms with Crippen LogP contribution in [-0.2, 0) is 19.6 Å². The van der Waals surface area contributed by atoms with E-state index in [0.29, 0.717) is 31.7 Å². The van der Waals surface area contributed by atoms with Gasteiger partial charge < -0.3 is 10.2 Å². The molecular weight excluding hydrogens is 330 g/mol. The van der Waals surface area contributed by atoms with Crippen LogP contribution in [0.3, 0.4) is 0 Å². The van der Waals surface area contributed by atoms with E-state index in [0.717, 1.165) is 19.3 Å². The molecular formula is C16H21N3O4S. The second-order valence-corrected chi connectivity index (χ2v) is 8.04. The van der Waals surface area contributed by atoms with Gasteiger partial charge in [0.25, 0.3) is 0 Å². The Morgan fingerprint density at radius 2 is 1.88 bits per heavy atom. The summed E-state index contributed by atoms with van der Waals surface area (Å²) >= 11 is 0. The summed E-state index contributed by atoms with van der Waals surface area (Å²) < 4.78 is 26.6. The number of amides is 2. The SMILES string of the molecule is O=C(CN1CCCC1=O)Nc1cccc(S(=O)(=O)N2CCCC2)c1. The molecule has 0 radical (unpaired) electrons. The molecule has 8 heteroatoms. The van der Waals surface area contributed by atoms with Gasteiger partial charge in [0.2, 0.25) is 21.8 Å². The highest BCUT2D eigenvalue weighted by Gasteiger charge is 2.27. The number of nitrogens with one attached hydrogen (secondary N) is 1. The molecule has 2 amide bonds. The third kappa shape index (κ3) is 3.59. The predicted octanol–water partition coefficient (Wildman–Crippen LogP) is 1.03. The summed E-state index contributed by atoms with van der Waals surface area (Å²) in [6.45, 7) is 1.67. The first-order valence-corrected chi connectivity index (χ1v) is 9.59. The van der Waals surface area contributed by atoms with Crippen LogP contribution < -0.4 is 5.32 Å². The van der Waals surface area contributed by atoms with Gasteiger partial charge >= 0.3 is 0 Å². The zero-order valence-corrected chi connectivity index (χ0v) is 14.2. The number of sulfonamides is 1. The molecule has 2 saturated heterocycles. The third-order valence-corrected chi connectivity index (χ3v) is 6.22. The first kappa shape index (κ1) is 16.9. The molecule has 0 saturated carbocycles. The Morgan fingerprint density at radius 3 is 2.54 bits per heavy atom. The minimum atomic E-state index is -3.51. The van der Waals surface area contributed by atoms with Crippen LogP contribution in [0, 0.1) is 0 Å². The van der Waals surface area contributed by atoms with Crippen molar-refractivity contribution in [3.05, 3.63) is 24.3 Å². The summed E-state index contributed by atoms with van der Waals surface area (Å²) in [6, 6.07) is 6.26. The molecule has 3 rings (SSSR count). The van der Waals surface area contributed by atoms with Gasteiger partial charge in [-0.3, -0.25) is 9.59 Å². The van der Waals surface area contributed by atoms with E-state index in [9.17, 15) is 18.0 Å². The number of carbonyl (C=O) groups excluding carboxylic acids is 2. The topological polar surface area (TPSA) is 86.8 Å². The van der Waals surface area contributed by atoms with Crippen molar-refractivity contribution < 1.29 is 18.0 Å². The number of likely N-dealkylation sites (tertiary alicyclic amines) is 1. The normalized spacial score (nSPS) is 19.0. The maximum absolute atomic E-state index is 12.6. The summed E-state index contributed by atoms with van der Waals surface area (Å²) in [6.07, 6.45) is 3.01. The molecule has 2 aliphatic heterocycles. The van der Waals surface area contributed by atoms with Gasteiger partial charge in [-0.15, -0.1) is 0 Å². The monoisotopic (exact) mass is 351 g/mol. The summed E-state index contributed by atoms with van der Waals surface area (Å²) in [5.41, 5.74) is 0.423. The van der Waals surface area contributed by atoms with Gasteiger partial charge in [0.1, 0.15) is 0 Å². The molecule has 2 aliphatic rings. The van der Waals surface area contributed by atoms with Crippen LogP contribution in [0.25, 0.3) is 0 Å². The maximum atomic E-state index is 12.6. The largest absolute Gasteiger partial charge is 0.333 e. The van der Waals surface area contributed by atoms with Crippen LogP contribution in [0.5, 0.6) is 0 Å². The van der Waals surface area contributed by atoms with Crippen LogP contribution in [0.1, 0.15) is 25.7 Å². The predicted molar refractivity (Wildman–Crippen MR) is 88.9 cm³/mol. The molecule has 7 nitrogen and oxygen atoms in total. The Labute approximate surface area is 141 Å². The minimum Gasteiger partial charge on any atom is -0.333 e. The Bertz CT molecular complexity index is 741. The van der Waals surface area contributed by atoms with E-state index in [1.165, 1.54) is 21.3 Å². The van der Waals surface area contributed by atoms with Crippen molar-refractivity contribution >= 4 is 27.5 Å². The first-order valence-electron chi connectivity index (χ1n) is 8.15. The lowest BCUT2D eigenvalue weighted by Gasteiger charge is -2.17. The Kier molecular flexibility index (Phi) is 4.86. The van der Waals surface area contributed by atoms with Crippen LogP contribution in [0.4, 0.5) is 5.69 Å². The minimum absolute atomic E-state index is 0.00192. The number of hydrogen-bond donors (Lipinski definition) is 1. The average molecular weight is 351 g/mol. The highest BCUT2D eigenvalue weighted by Crippen LogP contribution is 2.23. The van der Waals surface area contributed by atoms with E-state index in [2.05, 4.69) is 5.32 Å². The van der Waals surface area contributed by atoms with Crippen LogP contribution in [-0.4, -0.2) is 55.6 Å². The molecule has 2 fully saturated rings. The van der Waals surface area contributed by atoms with Gasteiger partial charge in [-0.1, -0.05) is 6.07 Å². The van der Waals surface area contributed by atoms with Crippen molar-refractivity contribution in [2.45, 2.75) is 30.6 Å². The average Bonchev–Trinajstić information content (AvgIpc) is 3.20. The summed E-state index contributed by atoms with van der Waals surface area (Å²) in [7, 11) is -3.51. The van der Waals surface area contributed by atoms with Crippen molar-refractivity contribution in [3.63, 3.8) is 0 Å². The summed E-state index contributed by atoms with van der Waals surface area (Å²) in [4.78, 5) is 25.3. The van der Waals surface area contributed by atoms with E-state index in [1.807, 2.05) is 0 Å². The molecule has 1 aromatic carbocycles. The molecule has 0 unspecified atom stereocenters. The van der Waals surface area contributed by atoms with Gasteiger partial charge in [-0.2, -0.15) is 4.31 Å². The molecule has 1 aromatic rings. The van der Waals surface area contributed by atoms with Gasteiger partial charge in [0.05, 0.1) is 11.4 Å². The fourth-order valence-electron chi connectivity index (χ4n) is 3.06. The summed E-state index contributed by atoms with van der Waals surface area (Å²) in [5, 5.41) is 2.68. The van der Waals surface area contributed by atoms with E-state index < -0.39 is 10.0 Å². The molecule has 0 aliphatic carbocycles. The number of benzene rings is 1. The highest BCUT2D eigenvalue weighted by atomic mass is 32.2. The fourth-order valence-corrected chi connectivity index (χ4v) is 4.62. The summed E-state index contributed by atoms with van der Waals surface area (Å²) in [5.74, 6) is -0.337. The lowest BCUT2D eigenvalue weighted by molar-refractivity contribution is -0.131. The second-order valence-electron chi connectivity index (χ2n) is 6.11. The van der Waals surface area contributed by atoms with E-state index in [-0.39, 0.29) is 23.3 Å². The molecule has 2 heterocycles. The van der Waals surface area contributed by atoms with E-state index >= 15 is 0 Å². The number of anilines is 1. The van der Waals surface area contributed by atoms with Crippen molar-refractivity contribution in [1.82, 2.24) is 9.21 Å². The van der Waals surface area contributed by atoms with E-state index in [4.69, 9.17) is 0 Å². The molecule has 0 bridgehead atoms. The fraction of sp³-hybridized carbons (Fsp3) is 0.500. The Morgan fingerprint density at radius 1 is 1.12 bits per heavy atom. The van der Waals surface area contributed by atoms with Gasteiger partial charge in [-0.25, -0.2) is 8.42 Å². The molecule has 0 atom stereocenters. The Hall–Kier alpha value is -1.93. The smallest absolute Gasteiger partial charge is 0.243 e. The standard InChI is InChI=1S/C16H21N3O4S/c20-15(12-18-8-4-7-16(18)21)17-13-5-3-6-14(11-13)24(22,23)19-9-1-2-10-19/h3,5-6,11H,1-2,4,7-10,12H2,(H,17,20). The van der Waals surface area contributed by atoms with E-state index in [1.54, 1.807) is 12.1 Å². The molecule has 130 valence electrons. The Balaban J connectivity index is 1.69. The van der Waals surface area contributed by atoms with Gasteiger partial charge in [-0.05, 0) is 37.5 Å². The number of hydrogen-bond acceptors (Lipinski definition) is 4. The highest BCUT2D eigenvalue weighted by molar-refractivity contribution is 7.89.